The maximum absolute atomic E-state index is 12.7. The Balaban J connectivity index is 2.01. The van der Waals surface area contributed by atoms with Crippen LogP contribution in [-0.4, -0.2) is 40.2 Å². The first-order valence-corrected chi connectivity index (χ1v) is 9.10. The third-order valence-electron chi connectivity index (χ3n) is 4.48. The molecule has 0 unspecified atom stereocenters. The average Bonchev–Trinajstić information content (AvgIpc) is 3.45. The molecule has 0 saturated heterocycles. The Bertz CT molecular complexity index is 927. The Morgan fingerprint density at radius 2 is 2.15 bits per heavy atom. The van der Waals surface area contributed by atoms with Gasteiger partial charge in [-0.05, 0) is 39.2 Å². The van der Waals surface area contributed by atoms with Crippen LogP contribution in [0.5, 0.6) is 0 Å². The fourth-order valence-corrected chi connectivity index (χ4v) is 2.97. The van der Waals surface area contributed by atoms with E-state index in [0.717, 1.165) is 18.5 Å². The van der Waals surface area contributed by atoms with Gasteiger partial charge < -0.3 is 10.1 Å². The van der Waals surface area contributed by atoms with Crippen LogP contribution >= 0.6 is 0 Å². The second-order valence-electron chi connectivity index (χ2n) is 6.38. The number of hydrogen-bond acceptors (Lipinski definition) is 5. The van der Waals surface area contributed by atoms with Crippen molar-refractivity contribution in [3.05, 3.63) is 38.2 Å². The number of aryl methyl sites for hydroxylation is 1. The zero-order chi connectivity index (χ0) is 18.7. The Kier molecular flexibility index (Phi) is 5.51. The van der Waals surface area contributed by atoms with Gasteiger partial charge in [-0.2, -0.15) is 0 Å². The summed E-state index contributed by atoms with van der Waals surface area (Å²) in [7, 11) is 0. The summed E-state index contributed by atoms with van der Waals surface area (Å²) in [5, 5.41) is 2.99. The third kappa shape index (κ3) is 3.70. The highest BCUT2D eigenvalue weighted by Crippen LogP contribution is 2.39. The van der Waals surface area contributed by atoms with E-state index in [-0.39, 0.29) is 22.5 Å². The molecule has 2 heterocycles. The monoisotopic (exact) mass is 360 g/mol. The van der Waals surface area contributed by atoms with Crippen LogP contribution in [-0.2, 0) is 11.3 Å². The van der Waals surface area contributed by atoms with Gasteiger partial charge >= 0.3 is 5.69 Å². The van der Waals surface area contributed by atoms with Gasteiger partial charge in [0.25, 0.3) is 11.5 Å². The van der Waals surface area contributed by atoms with Crippen LogP contribution in [0, 0.1) is 0 Å². The summed E-state index contributed by atoms with van der Waals surface area (Å²) in [6.07, 6.45) is 2.70. The molecule has 1 aliphatic carbocycles. The molecule has 8 heteroatoms. The highest BCUT2D eigenvalue weighted by Gasteiger charge is 2.28. The molecular formula is C18H24N4O4. The topological polar surface area (TPSA) is 106 Å². The minimum atomic E-state index is -0.580. The van der Waals surface area contributed by atoms with Crippen LogP contribution in [0.2, 0.25) is 0 Å². The van der Waals surface area contributed by atoms with E-state index in [1.54, 1.807) is 13.0 Å². The van der Waals surface area contributed by atoms with Crippen LogP contribution in [0.1, 0.15) is 55.1 Å². The number of nitrogens with zero attached hydrogens (tertiary/aromatic N) is 2. The number of ether oxygens (including phenoxy) is 1. The van der Waals surface area contributed by atoms with Crippen molar-refractivity contribution in [1.82, 2.24) is 19.9 Å². The molecule has 140 valence electrons. The number of carbonyl (C=O) groups is 1. The number of fused-ring (bicyclic) bond motifs is 1. The summed E-state index contributed by atoms with van der Waals surface area (Å²) in [4.78, 5) is 44.0. The van der Waals surface area contributed by atoms with Crippen molar-refractivity contribution in [2.24, 2.45) is 0 Å². The number of pyridine rings is 1. The van der Waals surface area contributed by atoms with Gasteiger partial charge in [0.15, 0.2) is 5.65 Å². The zero-order valence-electron chi connectivity index (χ0n) is 15.1. The van der Waals surface area contributed by atoms with Gasteiger partial charge in [-0.3, -0.25) is 19.1 Å². The van der Waals surface area contributed by atoms with Gasteiger partial charge in [0.1, 0.15) is 0 Å². The molecule has 0 spiro atoms. The lowest BCUT2D eigenvalue weighted by atomic mass is 10.1. The van der Waals surface area contributed by atoms with Crippen LogP contribution < -0.4 is 16.6 Å². The molecule has 0 aliphatic heterocycles. The summed E-state index contributed by atoms with van der Waals surface area (Å²) < 4.78 is 6.66. The number of rotatable bonds is 8. The molecule has 2 N–H and O–H groups in total. The van der Waals surface area contributed by atoms with E-state index >= 15 is 0 Å². The van der Waals surface area contributed by atoms with Gasteiger partial charge in [0, 0.05) is 37.9 Å². The van der Waals surface area contributed by atoms with E-state index < -0.39 is 11.2 Å². The summed E-state index contributed by atoms with van der Waals surface area (Å²) in [6.45, 7) is 5.74. The lowest BCUT2D eigenvalue weighted by Crippen LogP contribution is -2.33. The van der Waals surface area contributed by atoms with E-state index in [0.29, 0.717) is 38.6 Å². The highest BCUT2D eigenvalue weighted by molar-refractivity contribution is 6.05. The fourth-order valence-electron chi connectivity index (χ4n) is 2.97. The van der Waals surface area contributed by atoms with Gasteiger partial charge in [-0.1, -0.05) is 0 Å². The number of nitrogens with one attached hydrogen (secondary N) is 2. The first-order valence-electron chi connectivity index (χ1n) is 9.10. The Morgan fingerprint density at radius 1 is 1.38 bits per heavy atom. The highest BCUT2D eigenvalue weighted by atomic mass is 16.5. The molecule has 1 fully saturated rings. The van der Waals surface area contributed by atoms with Gasteiger partial charge in [0.05, 0.1) is 10.9 Å². The summed E-state index contributed by atoms with van der Waals surface area (Å²) in [6, 6.07) is 1.69. The second kappa shape index (κ2) is 7.82. The molecular weight excluding hydrogens is 336 g/mol. The minimum Gasteiger partial charge on any atom is -0.382 e. The number of aromatic amines is 1. The average molecular weight is 360 g/mol. The number of amides is 1. The van der Waals surface area contributed by atoms with Crippen molar-refractivity contribution in [2.45, 2.75) is 45.6 Å². The van der Waals surface area contributed by atoms with E-state index in [4.69, 9.17) is 4.74 Å². The number of H-pyrrole nitrogens is 1. The number of carbonyl (C=O) groups excluding carboxylic acids is 1. The first kappa shape index (κ1) is 18.3. The van der Waals surface area contributed by atoms with Crippen molar-refractivity contribution < 1.29 is 9.53 Å². The predicted molar refractivity (Wildman–Crippen MR) is 97.7 cm³/mol. The van der Waals surface area contributed by atoms with Crippen LogP contribution in [0.15, 0.2) is 15.7 Å². The SMILES string of the molecule is CCOCCCNC(=O)c1cc(C2CC2)nc2c1c(=O)[nH]c(=O)n2CC. The maximum Gasteiger partial charge on any atom is 0.329 e. The molecule has 1 aliphatic rings. The lowest BCUT2D eigenvalue weighted by Gasteiger charge is -2.12. The molecule has 3 rings (SSSR count). The Hall–Kier alpha value is -2.48. The van der Waals surface area contributed by atoms with Crippen molar-refractivity contribution in [1.29, 1.82) is 0 Å². The first-order chi connectivity index (χ1) is 12.6. The maximum atomic E-state index is 12.7. The largest absolute Gasteiger partial charge is 0.382 e. The van der Waals surface area contributed by atoms with Crippen molar-refractivity contribution in [3.63, 3.8) is 0 Å². The molecule has 8 nitrogen and oxygen atoms in total. The minimum absolute atomic E-state index is 0.165. The molecule has 0 aromatic carbocycles. The molecule has 26 heavy (non-hydrogen) atoms. The second-order valence-corrected chi connectivity index (χ2v) is 6.38. The van der Waals surface area contributed by atoms with Crippen molar-refractivity contribution >= 4 is 16.9 Å². The molecule has 0 bridgehead atoms. The van der Waals surface area contributed by atoms with E-state index in [1.807, 2.05) is 6.92 Å². The molecule has 1 amide bonds. The van der Waals surface area contributed by atoms with E-state index in [9.17, 15) is 14.4 Å². The van der Waals surface area contributed by atoms with Crippen molar-refractivity contribution in [3.8, 4) is 0 Å². The van der Waals surface area contributed by atoms with Gasteiger partial charge in [-0.15, -0.1) is 0 Å². The fraction of sp³-hybridized carbons (Fsp3) is 0.556. The number of aromatic nitrogens is 3. The normalized spacial score (nSPS) is 13.9. The number of hydrogen-bond donors (Lipinski definition) is 2. The molecule has 0 atom stereocenters. The molecule has 1 saturated carbocycles. The van der Waals surface area contributed by atoms with Crippen LogP contribution in [0.25, 0.3) is 11.0 Å². The molecule has 2 aromatic rings. The predicted octanol–water partition coefficient (Wildman–Crippen LogP) is 1.14. The quantitative estimate of drug-likeness (QED) is 0.687. The van der Waals surface area contributed by atoms with Gasteiger partial charge in [0.2, 0.25) is 0 Å². The summed E-state index contributed by atoms with van der Waals surface area (Å²) in [5.74, 6) is -0.0359. The van der Waals surface area contributed by atoms with Crippen molar-refractivity contribution in [2.75, 3.05) is 19.8 Å². The van der Waals surface area contributed by atoms with Gasteiger partial charge in [-0.25, -0.2) is 9.78 Å². The standard InChI is InChI=1S/C18H24N4O4/c1-3-22-15-14(17(24)21-18(22)25)12(10-13(20-15)11-6-7-11)16(23)19-8-5-9-26-4-2/h10-11H,3-9H2,1-2H3,(H,19,23)(H,21,24,25). The Labute approximate surface area is 150 Å². The van der Waals surface area contributed by atoms with E-state index in [1.165, 1.54) is 4.57 Å². The van der Waals surface area contributed by atoms with E-state index in [2.05, 4.69) is 15.3 Å². The molecule has 0 radical (unpaired) electrons. The smallest absolute Gasteiger partial charge is 0.329 e. The van der Waals surface area contributed by atoms with Crippen LogP contribution in [0.3, 0.4) is 0 Å². The zero-order valence-corrected chi connectivity index (χ0v) is 15.1. The Morgan fingerprint density at radius 3 is 2.81 bits per heavy atom. The van der Waals surface area contributed by atoms with Crippen LogP contribution in [0.4, 0.5) is 0 Å². The third-order valence-corrected chi connectivity index (χ3v) is 4.48. The summed E-state index contributed by atoms with van der Waals surface area (Å²) in [5.41, 5.74) is 0.239. The molecule has 2 aromatic heterocycles. The summed E-state index contributed by atoms with van der Waals surface area (Å²) >= 11 is 0. The lowest BCUT2D eigenvalue weighted by molar-refractivity contribution is 0.0945.